The molecule has 0 spiro atoms. The van der Waals surface area contributed by atoms with Crippen molar-refractivity contribution in [2.75, 3.05) is 7.11 Å². The molecule has 0 unspecified atom stereocenters. The molecule has 0 aliphatic rings. The Morgan fingerprint density at radius 1 is 0.765 bits per heavy atom. The summed E-state index contributed by atoms with van der Waals surface area (Å²) in [4.78, 5) is 10.5. The van der Waals surface area contributed by atoms with E-state index in [1.807, 2.05) is 55.5 Å². The van der Waals surface area contributed by atoms with Crippen LogP contribution in [0.1, 0.15) is 5.56 Å². The molecule has 0 aliphatic heterocycles. The van der Waals surface area contributed by atoms with Crippen LogP contribution >= 0.6 is 0 Å². The van der Waals surface area contributed by atoms with Crippen molar-refractivity contribution >= 4 is 0 Å². The molecular formula is C14H14O3. The molecule has 0 bridgehead atoms. The van der Waals surface area contributed by atoms with Gasteiger partial charge in [0.1, 0.15) is 5.75 Å². The summed E-state index contributed by atoms with van der Waals surface area (Å²) in [5.74, 6) is 2.09. The Kier molecular flexibility index (Phi) is 3.50. The molecular weight excluding hydrogens is 216 g/mol. The molecule has 0 saturated heterocycles. The largest absolute Gasteiger partial charge is 0.496 e. The molecule has 0 heterocycles. The first kappa shape index (κ1) is 11.3. The molecule has 2 aromatic carbocycles. The first-order chi connectivity index (χ1) is 8.31. The molecule has 3 heteroatoms. The maximum Gasteiger partial charge on any atom is 0.185 e. The Balaban J connectivity index is 2.09. The van der Waals surface area contributed by atoms with Crippen LogP contribution in [-0.4, -0.2) is 7.11 Å². The zero-order valence-corrected chi connectivity index (χ0v) is 9.84. The SMILES string of the molecule is COc1cccc(OOc2ccccc2)c1C. The van der Waals surface area contributed by atoms with E-state index in [0.29, 0.717) is 11.5 Å². The molecule has 0 fully saturated rings. The van der Waals surface area contributed by atoms with E-state index >= 15 is 0 Å². The van der Waals surface area contributed by atoms with Gasteiger partial charge in [0, 0.05) is 5.56 Å². The second-order valence-electron chi connectivity index (χ2n) is 3.56. The van der Waals surface area contributed by atoms with Crippen molar-refractivity contribution in [2.24, 2.45) is 0 Å². The molecule has 0 amide bonds. The van der Waals surface area contributed by atoms with Crippen molar-refractivity contribution < 1.29 is 14.5 Å². The van der Waals surface area contributed by atoms with Gasteiger partial charge >= 0.3 is 0 Å². The number of para-hydroxylation sites is 1. The third kappa shape index (κ3) is 2.69. The molecule has 0 aliphatic carbocycles. The van der Waals surface area contributed by atoms with E-state index in [4.69, 9.17) is 14.5 Å². The highest BCUT2D eigenvalue weighted by molar-refractivity contribution is 5.43. The predicted molar refractivity (Wildman–Crippen MR) is 65.4 cm³/mol. The lowest BCUT2D eigenvalue weighted by atomic mass is 10.2. The Morgan fingerprint density at radius 3 is 2.18 bits per heavy atom. The quantitative estimate of drug-likeness (QED) is 0.595. The van der Waals surface area contributed by atoms with Crippen molar-refractivity contribution in [3.63, 3.8) is 0 Å². The summed E-state index contributed by atoms with van der Waals surface area (Å²) in [6.45, 7) is 1.92. The summed E-state index contributed by atoms with van der Waals surface area (Å²) in [6.07, 6.45) is 0. The lowest BCUT2D eigenvalue weighted by Crippen LogP contribution is -2.02. The van der Waals surface area contributed by atoms with Crippen LogP contribution in [0.4, 0.5) is 0 Å². The maximum absolute atomic E-state index is 5.29. The molecule has 0 atom stereocenters. The average Bonchev–Trinajstić information content (AvgIpc) is 2.39. The highest BCUT2D eigenvalue weighted by Crippen LogP contribution is 2.27. The second kappa shape index (κ2) is 5.25. The summed E-state index contributed by atoms with van der Waals surface area (Å²) < 4.78 is 5.20. The van der Waals surface area contributed by atoms with E-state index in [-0.39, 0.29) is 0 Å². The number of methoxy groups -OCH3 is 1. The van der Waals surface area contributed by atoms with E-state index in [1.165, 1.54) is 0 Å². The highest BCUT2D eigenvalue weighted by atomic mass is 17.2. The summed E-state index contributed by atoms with van der Waals surface area (Å²) >= 11 is 0. The summed E-state index contributed by atoms with van der Waals surface area (Å²) in [6, 6.07) is 14.9. The Bertz CT molecular complexity index is 480. The van der Waals surface area contributed by atoms with Gasteiger partial charge < -0.3 is 4.74 Å². The van der Waals surface area contributed by atoms with Gasteiger partial charge in [-0.1, -0.05) is 24.3 Å². The van der Waals surface area contributed by atoms with Crippen LogP contribution in [0.3, 0.4) is 0 Å². The van der Waals surface area contributed by atoms with Gasteiger partial charge in [0.15, 0.2) is 11.5 Å². The Hall–Kier alpha value is -2.16. The average molecular weight is 230 g/mol. The Morgan fingerprint density at radius 2 is 1.47 bits per heavy atom. The van der Waals surface area contributed by atoms with E-state index in [0.717, 1.165) is 11.3 Å². The third-order valence-electron chi connectivity index (χ3n) is 2.43. The highest BCUT2D eigenvalue weighted by Gasteiger charge is 2.06. The van der Waals surface area contributed by atoms with E-state index < -0.39 is 0 Å². The van der Waals surface area contributed by atoms with Gasteiger partial charge in [0.25, 0.3) is 0 Å². The molecule has 0 N–H and O–H groups in total. The number of rotatable bonds is 4. The fourth-order valence-electron chi connectivity index (χ4n) is 1.47. The van der Waals surface area contributed by atoms with Crippen LogP contribution in [0.15, 0.2) is 48.5 Å². The topological polar surface area (TPSA) is 27.7 Å². The van der Waals surface area contributed by atoms with Crippen molar-refractivity contribution in [1.82, 2.24) is 0 Å². The lowest BCUT2D eigenvalue weighted by Gasteiger charge is -2.10. The molecule has 2 aromatic rings. The molecule has 3 nitrogen and oxygen atoms in total. The third-order valence-corrected chi connectivity index (χ3v) is 2.43. The fourth-order valence-corrected chi connectivity index (χ4v) is 1.47. The summed E-state index contributed by atoms with van der Waals surface area (Å²) in [7, 11) is 1.63. The van der Waals surface area contributed by atoms with Gasteiger partial charge in [-0.05, 0) is 31.2 Å². The van der Waals surface area contributed by atoms with Gasteiger partial charge in [-0.15, -0.1) is 0 Å². The molecule has 88 valence electrons. The maximum atomic E-state index is 5.29. The van der Waals surface area contributed by atoms with Gasteiger partial charge in [0.2, 0.25) is 0 Å². The fraction of sp³-hybridized carbons (Fsp3) is 0.143. The van der Waals surface area contributed by atoms with Crippen LogP contribution in [-0.2, 0) is 0 Å². The minimum Gasteiger partial charge on any atom is -0.496 e. The van der Waals surface area contributed by atoms with Gasteiger partial charge in [-0.3, -0.25) is 9.78 Å². The van der Waals surface area contributed by atoms with Crippen LogP contribution in [0, 0.1) is 6.92 Å². The van der Waals surface area contributed by atoms with Gasteiger partial charge in [-0.25, -0.2) is 0 Å². The first-order valence-electron chi connectivity index (χ1n) is 5.34. The lowest BCUT2D eigenvalue weighted by molar-refractivity contribution is -0.101. The van der Waals surface area contributed by atoms with Gasteiger partial charge in [-0.2, -0.15) is 0 Å². The van der Waals surface area contributed by atoms with Crippen molar-refractivity contribution in [3.8, 4) is 17.2 Å². The number of hydrogen-bond donors (Lipinski definition) is 0. The van der Waals surface area contributed by atoms with Crippen LogP contribution in [0.5, 0.6) is 17.2 Å². The van der Waals surface area contributed by atoms with E-state index in [1.54, 1.807) is 7.11 Å². The minimum atomic E-state index is 0.646. The molecule has 17 heavy (non-hydrogen) atoms. The standard InChI is InChI=1S/C14H14O3/c1-11-13(15-2)9-6-10-14(11)17-16-12-7-4-3-5-8-12/h3-10H,1-2H3. The molecule has 2 rings (SSSR count). The Labute approximate surface area is 100 Å². The molecule has 0 saturated carbocycles. The smallest absolute Gasteiger partial charge is 0.185 e. The zero-order chi connectivity index (χ0) is 12.1. The van der Waals surface area contributed by atoms with Crippen LogP contribution in [0.2, 0.25) is 0 Å². The van der Waals surface area contributed by atoms with Crippen LogP contribution in [0.25, 0.3) is 0 Å². The molecule has 0 radical (unpaired) electrons. The second-order valence-corrected chi connectivity index (χ2v) is 3.56. The number of hydrogen-bond acceptors (Lipinski definition) is 3. The number of ether oxygens (including phenoxy) is 1. The predicted octanol–water partition coefficient (Wildman–Crippen LogP) is 3.38. The van der Waals surface area contributed by atoms with E-state index in [2.05, 4.69) is 0 Å². The summed E-state index contributed by atoms with van der Waals surface area (Å²) in [5, 5.41) is 0. The van der Waals surface area contributed by atoms with Crippen LogP contribution < -0.4 is 14.5 Å². The minimum absolute atomic E-state index is 0.646. The molecule has 0 aromatic heterocycles. The number of benzene rings is 2. The normalized spacial score (nSPS) is 9.76. The van der Waals surface area contributed by atoms with Crippen molar-refractivity contribution in [2.45, 2.75) is 6.92 Å². The van der Waals surface area contributed by atoms with Gasteiger partial charge in [0.05, 0.1) is 7.11 Å². The first-order valence-corrected chi connectivity index (χ1v) is 5.34. The van der Waals surface area contributed by atoms with Crippen molar-refractivity contribution in [1.29, 1.82) is 0 Å². The zero-order valence-electron chi connectivity index (χ0n) is 9.84. The monoisotopic (exact) mass is 230 g/mol. The van der Waals surface area contributed by atoms with Crippen molar-refractivity contribution in [3.05, 3.63) is 54.1 Å². The van der Waals surface area contributed by atoms with E-state index in [9.17, 15) is 0 Å². The summed E-state index contributed by atoms with van der Waals surface area (Å²) in [5.41, 5.74) is 0.908.